The van der Waals surface area contributed by atoms with Crippen LogP contribution in [0.4, 0.5) is 0 Å². The average molecular weight is 249 g/mol. The van der Waals surface area contributed by atoms with Crippen LogP contribution in [0.2, 0.25) is 0 Å². The third kappa shape index (κ3) is 1.73. The van der Waals surface area contributed by atoms with E-state index >= 15 is 0 Å². The Hall–Kier alpha value is -1.36. The van der Waals surface area contributed by atoms with Gasteiger partial charge in [0, 0.05) is 37.4 Å². The predicted molar refractivity (Wildman–Crippen MR) is 66.0 cm³/mol. The van der Waals surface area contributed by atoms with Crippen molar-refractivity contribution >= 4 is 5.97 Å². The molecule has 5 nitrogen and oxygen atoms in total. The number of hydrogen-bond acceptors (Lipinski definition) is 3. The van der Waals surface area contributed by atoms with E-state index in [0.29, 0.717) is 6.04 Å². The normalized spacial score (nSPS) is 31.1. The van der Waals surface area contributed by atoms with Gasteiger partial charge in [0.05, 0.1) is 11.6 Å². The highest BCUT2D eigenvalue weighted by Gasteiger charge is 2.49. The molecule has 3 rings (SSSR count). The van der Waals surface area contributed by atoms with E-state index in [-0.39, 0.29) is 12.0 Å². The highest BCUT2D eigenvalue weighted by Crippen LogP contribution is 2.42. The van der Waals surface area contributed by atoms with Gasteiger partial charge >= 0.3 is 5.97 Å². The first-order chi connectivity index (χ1) is 8.56. The molecule has 5 heteroatoms. The molecule has 2 aliphatic rings. The van der Waals surface area contributed by atoms with Crippen molar-refractivity contribution in [3.8, 4) is 0 Å². The van der Waals surface area contributed by atoms with Gasteiger partial charge in [-0.25, -0.2) is 0 Å². The van der Waals surface area contributed by atoms with Gasteiger partial charge in [-0.05, 0) is 26.2 Å². The molecule has 0 radical (unpaired) electrons. The molecule has 18 heavy (non-hydrogen) atoms. The molecule has 1 aromatic heterocycles. The number of carboxylic acid groups (broad SMARTS) is 1. The SMILES string of the molecule is Cc1nn(C)cc1CN1C2CCC1C(C(=O)O)C2. The summed E-state index contributed by atoms with van der Waals surface area (Å²) >= 11 is 0. The van der Waals surface area contributed by atoms with E-state index in [1.165, 1.54) is 5.56 Å². The minimum Gasteiger partial charge on any atom is -0.481 e. The number of aryl methyl sites for hydroxylation is 2. The summed E-state index contributed by atoms with van der Waals surface area (Å²) in [5, 5.41) is 13.6. The Kier molecular flexibility index (Phi) is 2.66. The zero-order chi connectivity index (χ0) is 12.9. The Balaban J connectivity index is 1.78. The number of carbonyl (C=O) groups is 1. The van der Waals surface area contributed by atoms with E-state index in [0.717, 1.165) is 31.5 Å². The van der Waals surface area contributed by atoms with Crippen LogP contribution in [-0.2, 0) is 18.4 Å². The highest BCUT2D eigenvalue weighted by molar-refractivity contribution is 5.71. The third-order valence-corrected chi connectivity index (χ3v) is 4.47. The molecule has 3 heterocycles. The van der Waals surface area contributed by atoms with Crippen molar-refractivity contribution < 1.29 is 9.90 Å². The van der Waals surface area contributed by atoms with Gasteiger partial charge in [0.1, 0.15) is 0 Å². The van der Waals surface area contributed by atoms with Crippen molar-refractivity contribution in [1.82, 2.24) is 14.7 Å². The highest BCUT2D eigenvalue weighted by atomic mass is 16.4. The van der Waals surface area contributed by atoms with Gasteiger partial charge < -0.3 is 5.11 Å². The second kappa shape index (κ2) is 4.09. The van der Waals surface area contributed by atoms with Crippen LogP contribution in [-0.4, -0.2) is 37.8 Å². The molecule has 1 N–H and O–H groups in total. The summed E-state index contributed by atoms with van der Waals surface area (Å²) < 4.78 is 1.83. The molecular weight excluding hydrogens is 230 g/mol. The van der Waals surface area contributed by atoms with Crippen molar-refractivity contribution in [3.05, 3.63) is 17.5 Å². The number of carboxylic acids is 1. The van der Waals surface area contributed by atoms with Crippen LogP contribution in [0.1, 0.15) is 30.5 Å². The van der Waals surface area contributed by atoms with E-state index in [1.807, 2.05) is 24.9 Å². The molecule has 0 aromatic carbocycles. The second-order valence-corrected chi connectivity index (χ2v) is 5.56. The number of aliphatic carboxylic acids is 1. The topological polar surface area (TPSA) is 58.4 Å². The van der Waals surface area contributed by atoms with Crippen molar-refractivity contribution in [2.45, 2.75) is 44.8 Å². The Morgan fingerprint density at radius 1 is 1.56 bits per heavy atom. The van der Waals surface area contributed by atoms with E-state index in [2.05, 4.69) is 10.00 Å². The number of fused-ring (bicyclic) bond motifs is 2. The minimum absolute atomic E-state index is 0.166. The fourth-order valence-electron chi connectivity index (χ4n) is 3.61. The fraction of sp³-hybridized carbons (Fsp3) is 0.692. The van der Waals surface area contributed by atoms with Gasteiger partial charge in [0.15, 0.2) is 0 Å². The first-order valence-corrected chi connectivity index (χ1v) is 6.54. The standard InChI is InChI=1S/C13H19N3O2/c1-8-9(6-15(2)14-8)7-16-10-3-4-12(16)11(5-10)13(17)18/h6,10-12H,3-5,7H2,1-2H3,(H,17,18). The molecule has 0 spiro atoms. The third-order valence-electron chi connectivity index (χ3n) is 4.47. The molecule has 0 aliphatic carbocycles. The summed E-state index contributed by atoms with van der Waals surface area (Å²) in [6, 6.07) is 0.683. The van der Waals surface area contributed by atoms with Crippen LogP contribution in [0, 0.1) is 12.8 Å². The molecule has 2 fully saturated rings. The van der Waals surface area contributed by atoms with Crippen molar-refractivity contribution in [2.75, 3.05) is 0 Å². The van der Waals surface area contributed by atoms with Crippen LogP contribution in [0.5, 0.6) is 0 Å². The summed E-state index contributed by atoms with van der Waals surface area (Å²) in [5.41, 5.74) is 2.27. The molecule has 3 atom stereocenters. The smallest absolute Gasteiger partial charge is 0.308 e. The van der Waals surface area contributed by atoms with Crippen LogP contribution >= 0.6 is 0 Å². The predicted octanol–water partition coefficient (Wildman–Crippen LogP) is 1.17. The largest absolute Gasteiger partial charge is 0.481 e. The Morgan fingerprint density at radius 2 is 2.33 bits per heavy atom. The Labute approximate surface area is 106 Å². The zero-order valence-electron chi connectivity index (χ0n) is 10.8. The van der Waals surface area contributed by atoms with Crippen LogP contribution in [0.15, 0.2) is 6.20 Å². The average Bonchev–Trinajstić information content (AvgIpc) is 2.94. The molecule has 98 valence electrons. The maximum Gasteiger partial charge on any atom is 0.308 e. The zero-order valence-corrected chi connectivity index (χ0v) is 10.8. The summed E-state index contributed by atoms with van der Waals surface area (Å²) in [7, 11) is 1.93. The molecule has 3 unspecified atom stereocenters. The van der Waals surface area contributed by atoms with Crippen molar-refractivity contribution in [3.63, 3.8) is 0 Å². The molecule has 2 aliphatic heterocycles. The van der Waals surface area contributed by atoms with Gasteiger partial charge in [-0.2, -0.15) is 5.10 Å². The first kappa shape index (κ1) is 11.7. The van der Waals surface area contributed by atoms with Crippen LogP contribution in [0.25, 0.3) is 0 Å². The lowest BCUT2D eigenvalue weighted by atomic mass is 9.89. The van der Waals surface area contributed by atoms with Crippen molar-refractivity contribution in [2.24, 2.45) is 13.0 Å². The Morgan fingerprint density at radius 3 is 2.89 bits per heavy atom. The van der Waals surface area contributed by atoms with E-state index in [9.17, 15) is 9.90 Å². The molecule has 2 saturated heterocycles. The van der Waals surface area contributed by atoms with Crippen LogP contribution in [0.3, 0.4) is 0 Å². The lowest BCUT2D eigenvalue weighted by molar-refractivity contribution is -0.142. The summed E-state index contributed by atoms with van der Waals surface area (Å²) in [5.74, 6) is -0.796. The van der Waals surface area contributed by atoms with E-state index in [4.69, 9.17) is 0 Å². The number of rotatable bonds is 3. The quantitative estimate of drug-likeness (QED) is 0.873. The van der Waals surface area contributed by atoms with E-state index < -0.39 is 5.97 Å². The van der Waals surface area contributed by atoms with Gasteiger partial charge in [-0.1, -0.05) is 0 Å². The van der Waals surface area contributed by atoms with Gasteiger partial charge in [-0.15, -0.1) is 0 Å². The number of aromatic nitrogens is 2. The molecule has 0 saturated carbocycles. The van der Waals surface area contributed by atoms with Crippen molar-refractivity contribution in [1.29, 1.82) is 0 Å². The van der Waals surface area contributed by atoms with Crippen LogP contribution < -0.4 is 0 Å². The van der Waals surface area contributed by atoms with E-state index in [1.54, 1.807) is 0 Å². The lowest BCUT2D eigenvalue weighted by Gasteiger charge is -2.22. The second-order valence-electron chi connectivity index (χ2n) is 5.56. The fourth-order valence-corrected chi connectivity index (χ4v) is 3.61. The maximum absolute atomic E-state index is 11.2. The maximum atomic E-state index is 11.2. The minimum atomic E-state index is -0.630. The summed E-state index contributed by atoms with van der Waals surface area (Å²) in [4.78, 5) is 13.6. The summed E-state index contributed by atoms with van der Waals surface area (Å²) in [6.07, 6.45) is 5.04. The van der Waals surface area contributed by atoms with Gasteiger partial charge in [0.25, 0.3) is 0 Å². The monoisotopic (exact) mass is 249 g/mol. The molecular formula is C13H19N3O2. The number of nitrogens with zero attached hydrogens (tertiary/aromatic N) is 3. The first-order valence-electron chi connectivity index (χ1n) is 6.54. The molecule has 2 bridgehead atoms. The summed E-state index contributed by atoms with van der Waals surface area (Å²) in [6.45, 7) is 2.86. The van der Waals surface area contributed by atoms with Gasteiger partial charge in [-0.3, -0.25) is 14.4 Å². The Bertz CT molecular complexity index is 483. The molecule has 1 aromatic rings. The van der Waals surface area contributed by atoms with Gasteiger partial charge in [0.2, 0.25) is 0 Å². The number of hydrogen-bond donors (Lipinski definition) is 1. The molecule has 0 amide bonds. The lowest BCUT2D eigenvalue weighted by Crippen LogP contribution is -2.32.